The van der Waals surface area contributed by atoms with E-state index in [2.05, 4.69) is 21.4 Å². The number of para-hydroxylation sites is 1. The molecule has 258 valence electrons. The largest absolute Gasteiger partial charge is 0.491 e. The number of hydrogen-bond acceptors (Lipinski definition) is 7. The van der Waals surface area contributed by atoms with Gasteiger partial charge in [0.05, 0.1) is 41.2 Å². The first-order chi connectivity index (χ1) is 24.7. The zero-order chi connectivity index (χ0) is 35.4. The molecule has 0 bridgehead atoms. The number of aliphatic hydroxyl groups excluding tert-OH is 1. The second-order valence-corrected chi connectivity index (χ2v) is 14.6. The highest BCUT2D eigenvalue weighted by Gasteiger charge is 2.70. The van der Waals surface area contributed by atoms with Gasteiger partial charge in [-0.3, -0.25) is 29.5 Å². The number of rotatable bonds is 8. The third-order valence-electron chi connectivity index (χ3n) is 11.1. The number of amides is 4. The van der Waals surface area contributed by atoms with E-state index >= 15 is 4.79 Å². The predicted octanol–water partition coefficient (Wildman–Crippen LogP) is 6.32. The van der Waals surface area contributed by atoms with Crippen LogP contribution in [0.4, 0.5) is 11.4 Å². The van der Waals surface area contributed by atoms with Gasteiger partial charge in [0.2, 0.25) is 11.8 Å². The van der Waals surface area contributed by atoms with Crippen molar-refractivity contribution >= 4 is 50.9 Å². The smallest absolute Gasteiger partial charge is 0.260 e. The second-order valence-electron chi connectivity index (χ2n) is 13.7. The molecule has 0 aromatic heterocycles. The fourth-order valence-electron chi connectivity index (χ4n) is 8.94. The summed E-state index contributed by atoms with van der Waals surface area (Å²) in [5.74, 6) is -4.33. The summed E-state index contributed by atoms with van der Waals surface area (Å²) in [6.45, 7) is 1.78. The van der Waals surface area contributed by atoms with Gasteiger partial charge >= 0.3 is 0 Å². The van der Waals surface area contributed by atoms with Gasteiger partial charge in [-0.2, -0.15) is 5.01 Å². The van der Waals surface area contributed by atoms with Gasteiger partial charge < -0.3 is 9.84 Å². The van der Waals surface area contributed by atoms with Gasteiger partial charge in [-0.15, -0.1) is 0 Å². The number of carbonyl (C=O) groups excluding carboxylic acids is 4. The Bertz CT molecular complexity index is 2070. The number of carbonyl (C=O) groups is 4. The van der Waals surface area contributed by atoms with Crippen molar-refractivity contribution in [3.8, 4) is 5.75 Å². The minimum atomic E-state index is -1.42. The number of aryl methyl sites for hydroxylation is 1. The first-order valence-corrected chi connectivity index (χ1v) is 18.0. The molecule has 4 aromatic carbocycles. The lowest BCUT2D eigenvalue weighted by molar-refractivity contribution is -0.138. The van der Waals surface area contributed by atoms with Crippen molar-refractivity contribution in [1.29, 1.82) is 0 Å². The SMILES string of the molecule is Cc1ccc(NN2C(=O)[C@@H]3C[C@@H]4C(=CC[C@@H]5C(=O)N(c6ccc(Br)cc6)C(=O)[C@@H]54)[C@H](c4ccccc4OCCO)[C@]3(c3ccccc3)C2=O)cc1. The van der Waals surface area contributed by atoms with Crippen LogP contribution in [0.25, 0.3) is 0 Å². The number of anilines is 2. The number of imide groups is 2. The third-order valence-corrected chi connectivity index (χ3v) is 11.6. The van der Waals surface area contributed by atoms with Crippen LogP contribution in [0.1, 0.15) is 35.4 Å². The average Bonchev–Trinajstić information content (AvgIpc) is 3.53. The second kappa shape index (κ2) is 12.9. The molecule has 2 N–H and O–H groups in total. The van der Waals surface area contributed by atoms with Gasteiger partial charge in [0.1, 0.15) is 12.4 Å². The Morgan fingerprint density at radius 2 is 1.55 bits per heavy atom. The highest BCUT2D eigenvalue weighted by Crippen LogP contribution is 2.65. The summed E-state index contributed by atoms with van der Waals surface area (Å²) in [6, 6.07) is 31.4. The van der Waals surface area contributed by atoms with E-state index in [0.717, 1.165) is 20.6 Å². The van der Waals surface area contributed by atoms with Gasteiger partial charge in [-0.05, 0) is 73.7 Å². The molecule has 4 aromatic rings. The number of aliphatic hydroxyl groups is 1. The lowest BCUT2D eigenvalue weighted by Gasteiger charge is -2.50. The van der Waals surface area contributed by atoms with Crippen LogP contribution in [-0.4, -0.2) is 47.0 Å². The average molecular weight is 747 g/mol. The van der Waals surface area contributed by atoms with E-state index in [1.807, 2.05) is 85.8 Å². The molecule has 10 heteroatoms. The Morgan fingerprint density at radius 1 is 0.843 bits per heavy atom. The van der Waals surface area contributed by atoms with Crippen LogP contribution >= 0.6 is 15.9 Å². The minimum Gasteiger partial charge on any atom is -0.491 e. The normalized spacial score (nSPS) is 26.8. The van der Waals surface area contributed by atoms with Gasteiger partial charge in [-0.1, -0.05) is 93.8 Å². The van der Waals surface area contributed by atoms with Gasteiger partial charge in [-0.25, -0.2) is 0 Å². The van der Waals surface area contributed by atoms with E-state index in [4.69, 9.17) is 4.74 Å². The van der Waals surface area contributed by atoms with Crippen molar-refractivity contribution < 1.29 is 29.0 Å². The maximum Gasteiger partial charge on any atom is 0.260 e. The Kier molecular flexibility index (Phi) is 8.39. The number of hydrogen-bond donors (Lipinski definition) is 2. The molecule has 2 aliphatic heterocycles. The number of halogens is 1. The van der Waals surface area contributed by atoms with Crippen molar-refractivity contribution in [2.75, 3.05) is 23.5 Å². The third kappa shape index (κ3) is 5.14. The van der Waals surface area contributed by atoms with Crippen molar-refractivity contribution in [2.45, 2.75) is 31.1 Å². The maximum absolute atomic E-state index is 15.3. The Morgan fingerprint density at radius 3 is 2.27 bits per heavy atom. The van der Waals surface area contributed by atoms with Crippen molar-refractivity contribution in [3.05, 3.63) is 136 Å². The molecular formula is C41H36BrN3O6. The molecule has 51 heavy (non-hydrogen) atoms. The van der Waals surface area contributed by atoms with Crippen LogP contribution in [0.2, 0.25) is 0 Å². The molecule has 0 spiro atoms. The van der Waals surface area contributed by atoms with Gasteiger partial charge in [0, 0.05) is 16.0 Å². The van der Waals surface area contributed by atoms with Crippen molar-refractivity contribution in [1.82, 2.24) is 5.01 Å². The number of allylic oxidation sites excluding steroid dienone is 2. The van der Waals surface area contributed by atoms with Crippen molar-refractivity contribution in [2.24, 2.45) is 23.7 Å². The number of benzene rings is 4. The lowest BCUT2D eigenvalue weighted by atomic mass is 9.49. The zero-order valence-corrected chi connectivity index (χ0v) is 29.5. The number of hydrazine groups is 1. The number of ether oxygens (including phenoxy) is 1. The molecule has 4 aliphatic rings. The van der Waals surface area contributed by atoms with Crippen LogP contribution in [0.3, 0.4) is 0 Å². The number of fused-ring (bicyclic) bond motifs is 4. The van der Waals surface area contributed by atoms with E-state index in [9.17, 15) is 19.5 Å². The zero-order valence-electron chi connectivity index (χ0n) is 27.9. The first-order valence-electron chi connectivity index (χ1n) is 17.2. The first kappa shape index (κ1) is 33.1. The Labute approximate surface area is 304 Å². The van der Waals surface area contributed by atoms with E-state index < -0.39 is 46.8 Å². The summed E-state index contributed by atoms with van der Waals surface area (Å²) in [4.78, 5) is 60.0. The molecule has 2 heterocycles. The highest BCUT2D eigenvalue weighted by atomic mass is 79.9. The van der Waals surface area contributed by atoms with Gasteiger partial charge in [0.25, 0.3) is 11.8 Å². The maximum atomic E-state index is 15.3. The van der Waals surface area contributed by atoms with Crippen LogP contribution in [0.5, 0.6) is 5.75 Å². The molecule has 2 saturated heterocycles. The van der Waals surface area contributed by atoms with Crippen LogP contribution in [0, 0.1) is 30.6 Å². The fraction of sp³-hybridized carbons (Fsp3) is 0.268. The molecule has 0 radical (unpaired) electrons. The van der Waals surface area contributed by atoms with Crippen LogP contribution in [-0.2, 0) is 24.6 Å². The molecule has 0 unspecified atom stereocenters. The quantitative estimate of drug-likeness (QED) is 0.160. The van der Waals surface area contributed by atoms with E-state index in [1.165, 1.54) is 4.90 Å². The van der Waals surface area contributed by atoms with E-state index in [0.29, 0.717) is 34.7 Å². The molecule has 6 atom stereocenters. The fourth-order valence-corrected chi connectivity index (χ4v) is 9.21. The molecule has 3 fully saturated rings. The summed E-state index contributed by atoms with van der Waals surface area (Å²) >= 11 is 3.44. The van der Waals surface area contributed by atoms with Crippen LogP contribution < -0.4 is 15.1 Å². The van der Waals surface area contributed by atoms with E-state index in [-0.39, 0.29) is 31.4 Å². The summed E-state index contributed by atoms with van der Waals surface area (Å²) < 4.78 is 6.95. The summed E-state index contributed by atoms with van der Waals surface area (Å²) in [5, 5.41) is 10.9. The summed E-state index contributed by atoms with van der Waals surface area (Å²) in [5.41, 5.74) is 6.03. The molecule has 1 saturated carbocycles. The lowest BCUT2D eigenvalue weighted by Crippen LogP contribution is -2.53. The minimum absolute atomic E-state index is 0.0296. The van der Waals surface area contributed by atoms with Gasteiger partial charge in [0.15, 0.2) is 0 Å². The highest BCUT2D eigenvalue weighted by molar-refractivity contribution is 9.10. The molecule has 9 nitrogen and oxygen atoms in total. The molecule has 8 rings (SSSR count). The van der Waals surface area contributed by atoms with Crippen molar-refractivity contribution in [3.63, 3.8) is 0 Å². The standard InChI is InChI=1S/C41H36BrN3O6/c1-24-11-15-27(16-12-24)43-45-38(48)33-23-32-29(19-20-31-35(32)39(49)44(37(31)47)28-17-13-26(42)14-18-28)36(30-9-5-6-10-34(30)51-22-21-46)41(33,40(45)50)25-7-3-2-4-8-25/h2-19,31-33,35-36,43,46H,20-23H2,1H3/t31-,32+,33-,35-,36+,41+/m0/s1. The number of nitrogens with one attached hydrogen (secondary N) is 1. The Balaban J connectivity index is 1.32. The topological polar surface area (TPSA) is 116 Å². The molecule has 2 aliphatic carbocycles. The predicted molar refractivity (Wildman–Crippen MR) is 194 cm³/mol. The monoisotopic (exact) mass is 745 g/mol. The summed E-state index contributed by atoms with van der Waals surface area (Å²) in [7, 11) is 0. The van der Waals surface area contributed by atoms with Crippen LogP contribution in [0.15, 0.2) is 119 Å². The Hall–Kier alpha value is -5.06. The number of nitrogens with zero attached hydrogens (tertiary/aromatic N) is 2. The molecule has 4 amide bonds. The van der Waals surface area contributed by atoms with E-state index in [1.54, 1.807) is 30.3 Å². The summed E-state index contributed by atoms with van der Waals surface area (Å²) in [6.07, 6.45) is 2.54. The molecular weight excluding hydrogens is 710 g/mol.